The van der Waals surface area contributed by atoms with Gasteiger partial charge in [0.25, 0.3) is 23.6 Å². The number of furan rings is 4. The Labute approximate surface area is 150 Å². The van der Waals surface area contributed by atoms with Crippen LogP contribution in [-0.4, -0.2) is 46.5 Å². The second-order valence-electron chi connectivity index (χ2n) is 6.71. The standard InChI is InChI=1S/C19H10N2O6/c22-16-12-8-2-3-9(26-8)13(12)17(23)20(16)6-1-7-21-18(24)14-10-4-5-11(27-10)15(14)19(21)25/h2-5H,1,6-7H2. The van der Waals surface area contributed by atoms with Crippen molar-refractivity contribution < 1.29 is 28.0 Å². The first-order valence-electron chi connectivity index (χ1n) is 8.48. The smallest absolute Gasteiger partial charge is 0.265 e. The van der Waals surface area contributed by atoms with Crippen molar-refractivity contribution in [3.63, 3.8) is 0 Å². The second kappa shape index (κ2) is 4.53. The summed E-state index contributed by atoms with van der Waals surface area (Å²) in [7, 11) is 0. The molecule has 8 heteroatoms. The van der Waals surface area contributed by atoms with E-state index in [1.54, 1.807) is 24.3 Å². The Morgan fingerprint density at radius 2 is 0.852 bits per heavy atom. The molecule has 0 radical (unpaired) electrons. The van der Waals surface area contributed by atoms with Crippen LogP contribution in [0, 0.1) is 0 Å². The molecule has 27 heavy (non-hydrogen) atoms. The van der Waals surface area contributed by atoms with Crippen LogP contribution < -0.4 is 0 Å². The fourth-order valence-corrected chi connectivity index (χ4v) is 4.07. The maximum absolute atomic E-state index is 12.5. The summed E-state index contributed by atoms with van der Waals surface area (Å²) in [6.45, 7) is 0.240. The van der Waals surface area contributed by atoms with E-state index in [2.05, 4.69) is 0 Å². The summed E-state index contributed by atoms with van der Waals surface area (Å²) in [6, 6.07) is 6.66. The zero-order valence-corrected chi connectivity index (χ0v) is 13.8. The lowest BCUT2D eigenvalue weighted by molar-refractivity contribution is 0.0627. The molecule has 8 nitrogen and oxygen atoms in total. The van der Waals surface area contributed by atoms with Crippen molar-refractivity contribution in [2.75, 3.05) is 13.1 Å². The highest BCUT2D eigenvalue weighted by atomic mass is 16.3. The number of hydrogen-bond acceptors (Lipinski definition) is 6. The lowest BCUT2D eigenvalue weighted by Gasteiger charge is -2.17. The minimum absolute atomic E-state index is 0.120. The quantitative estimate of drug-likeness (QED) is 0.517. The molecule has 0 aliphatic carbocycles. The lowest BCUT2D eigenvalue weighted by Crippen LogP contribution is -2.36. The molecule has 2 aliphatic heterocycles. The molecule has 4 bridgehead atoms. The van der Waals surface area contributed by atoms with Gasteiger partial charge in [0, 0.05) is 13.1 Å². The molecule has 4 amide bonds. The molecule has 0 spiro atoms. The highest BCUT2D eigenvalue weighted by molar-refractivity contribution is 6.28. The third-order valence-electron chi connectivity index (χ3n) is 5.30. The van der Waals surface area contributed by atoms with Gasteiger partial charge in [0.15, 0.2) is 0 Å². The van der Waals surface area contributed by atoms with Gasteiger partial charge >= 0.3 is 0 Å². The van der Waals surface area contributed by atoms with E-state index >= 15 is 0 Å². The van der Waals surface area contributed by atoms with Crippen molar-refractivity contribution in [3.05, 3.63) is 46.5 Å². The summed E-state index contributed by atoms with van der Waals surface area (Å²) < 4.78 is 10.7. The van der Waals surface area contributed by atoms with Gasteiger partial charge in [-0.15, -0.1) is 0 Å². The molecule has 4 aromatic rings. The van der Waals surface area contributed by atoms with E-state index in [1.807, 2.05) is 0 Å². The molecule has 0 atom stereocenters. The highest BCUT2D eigenvalue weighted by Crippen LogP contribution is 2.37. The fourth-order valence-electron chi connectivity index (χ4n) is 4.07. The summed E-state index contributed by atoms with van der Waals surface area (Å²) in [4.78, 5) is 52.3. The van der Waals surface area contributed by atoms with E-state index in [0.29, 0.717) is 51.0 Å². The Morgan fingerprint density at radius 3 is 1.15 bits per heavy atom. The van der Waals surface area contributed by atoms with Crippen LogP contribution in [0.15, 0.2) is 33.1 Å². The average molecular weight is 362 g/mol. The number of hydrogen-bond donors (Lipinski definition) is 0. The summed E-state index contributed by atoms with van der Waals surface area (Å²) in [5.41, 5.74) is 2.84. The first-order valence-corrected chi connectivity index (χ1v) is 8.48. The van der Waals surface area contributed by atoms with Gasteiger partial charge in [-0.05, 0) is 30.7 Å². The van der Waals surface area contributed by atoms with Gasteiger partial charge in [-0.1, -0.05) is 0 Å². The molecule has 0 unspecified atom stereocenters. The maximum Gasteiger partial charge on any atom is 0.265 e. The summed E-state index contributed by atoms with van der Waals surface area (Å²) in [5, 5.41) is 0. The van der Waals surface area contributed by atoms with E-state index in [-0.39, 0.29) is 13.1 Å². The Morgan fingerprint density at radius 1 is 0.556 bits per heavy atom. The van der Waals surface area contributed by atoms with Crippen molar-refractivity contribution in [2.45, 2.75) is 6.42 Å². The van der Waals surface area contributed by atoms with E-state index in [4.69, 9.17) is 8.83 Å². The predicted octanol–water partition coefficient (Wildman–Crippen LogP) is 2.34. The topological polar surface area (TPSA) is 101 Å². The molecule has 0 saturated carbocycles. The minimum atomic E-state index is -0.397. The number of rotatable bonds is 4. The van der Waals surface area contributed by atoms with Crippen LogP contribution in [0.4, 0.5) is 0 Å². The van der Waals surface area contributed by atoms with Crippen molar-refractivity contribution in [1.82, 2.24) is 9.80 Å². The molecular formula is C19H10N2O6. The normalized spacial score (nSPS) is 16.7. The second-order valence-corrected chi connectivity index (χ2v) is 6.71. The number of imide groups is 2. The first kappa shape index (κ1) is 14.5. The molecule has 0 N–H and O–H groups in total. The lowest BCUT2D eigenvalue weighted by atomic mass is 10.1. The van der Waals surface area contributed by atoms with Gasteiger partial charge in [-0.3, -0.25) is 29.0 Å². The zero-order valence-electron chi connectivity index (χ0n) is 13.8. The fraction of sp³-hybridized carbons (Fsp3) is 0.158. The monoisotopic (exact) mass is 362 g/mol. The number of amides is 4. The summed E-state index contributed by atoms with van der Waals surface area (Å²) >= 11 is 0. The van der Waals surface area contributed by atoms with Gasteiger partial charge in [0.05, 0.1) is 22.3 Å². The summed E-state index contributed by atoms with van der Waals surface area (Å²) in [5.74, 6) is -1.59. The van der Waals surface area contributed by atoms with Gasteiger partial charge < -0.3 is 8.83 Å². The van der Waals surface area contributed by atoms with Crippen LogP contribution in [0.5, 0.6) is 0 Å². The Balaban J connectivity index is 1.19. The molecule has 0 aromatic carbocycles. The van der Waals surface area contributed by atoms with Gasteiger partial charge in [-0.25, -0.2) is 0 Å². The zero-order chi connectivity index (χ0) is 18.4. The van der Waals surface area contributed by atoms with E-state index < -0.39 is 23.6 Å². The van der Waals surface area contributed by atoms with Crippen molar-refractivity contribution in [3.8, 4) is 0 Å². The molecule has 132 valence electrons. The van der Waals surface area contributed by atoms with Crippen LogP contribution in [0.2, 0.25) is 0 Å². The molecule has 2 aliphatic rings. The minimum Gasteiger partial charge on any atom is -0.456 e. The van der Waals surface area contributed by atoms with E-state index in [0.717, 1.165) is 9.80 Å². The van der Waals surface area contributed by atoms with Crippen LogP contribution in [0.25, 0.3) is 22.3 Å². The molecular weight excluding hydrogens is 352 g/mol. The largest absolute Gasteiger partial charge is 0.456 e. The van der Waals surface area contributed by atoms with Crippen molar-refractivity contribution >= 4 is 46.0 Å². The van der Waals surface area contributed by atoms with E-state index in [1.165, 1.54) is 0 Å². The Hall–Kier alpha value is -3.68. The third kappa shape index (κ3) is 1.58. The number of benzene rings is 2. The Kier molecular flexibility index (Phi) is 2.43. The molecule has 6 heterocycles. The number of carbonyl (C=O) groups is 4. The van der Waals surface area contributed by atoms with Gasteiger partial charge in [0.2, 0.25) is 0 Å². The van der Waals surface area contributed by atoms with Crippen LogP contribution >= 0.6 is 0 Å². The molecule has 0 fully saturated rings. The number of nitrogens with zero attached hydrogens (tertiary/aromatic N) is 2. The Bertz CT molecular complexity index is 1110. The third-order valence-corrected chi connectivity index (χ3v) is 5.30. The maximum atomic E-state index is 12.5. The van der Waals surface area contributed by atoms with E-state index in [9.17, 15) is 19.2 Å². The molecule has 4 aromatic heterocycles. The SMILES string of the molecule is O=C1c2c(c3ccc2o3)C(=O)N1CCCN1C(=O)c2c(c3ccc2o3)C1=O. The summed E-state index contributed by atoms with van der Waals surface area (Å²) in [6.07, 6.45) is 0.300. The predicted molar refractivity (Wildman–Crippen MR) is 90.2 cm³/mol. The van der Waals surface area contributed by atoms with Crippen molar-refractivity contribution in [1.29, 1.82) is 0 Å². The molecule has 6 rings (SSSR count). The first-order chi connectivity index (χ1) is 13.1. The number of carbonyl (C=O) groups excluding carboxylic acids is 4. The van der Waals surface area contributed by atoms with Gasteiger partial charge in [-0.2, -0.15) is 0 Å². The van der Waals surface area contributed by atoms with Gasteiger partial charge in [0.1, 0.15) is 22.3 Å². The molecule has 0 saturated heterocycles. The highest BCUT2D eigenvalue weighted by Gasteiger charge is 2.43. The average Bonchev–Trinajstić information content (AvgIpc) is 3.47. The number of fused-ring (bicyclic) bond motifs is 10. The van der Waals surface area contributed by atoms with Crippen LogP contribution in [0.3, 0.4) is 0 Å². The van der Waals surface area contributed by atoms with Crippen molar-refractivity contribution in [2.24, 2.45) is 0 Å². The van der Waals surface area contributed by atoms with Crippen LogP contribution in [0.1, 0.15) is 47.9 Å². The van der Waals surface area contributed by atoms with Crippen LogP contribution in [-0.2, 0) is 0 Å².